The van der Waals surface area contributed by atoms with E-state index in [2.05, 4.69) is 65.6 Å². The van der Waals surface area contributed by atoms with Crippen LogP contribution in [-0.2, 0) is 4.79 Å². The number of halogens is 2. The van der Waals surface area contributed by atoms with E-state index in [0.717, 1.165) is 70.1 Å². The van der Waals surface area contributed by atoms with E-state index in [-0.39, 0.29) is 17.9 Å². The second-order valence-electron chi connectivity index (χ2n) is 6.86. The molecule has 1 aliphatic heterocycles. The first-order valence-corrected chi connectivity index (χ1v) is 11.4. The van der Waals surface area contributed by atoms with Gasteiger partial charge in [-0.25, -0.2) is 4.98 Å². The number of fused-ring (bicyclic) bond motifs is 1. The Kier molecular flexibility index (Phi) is 6.79. The second kappa shape index (κ2) is 8.88. The van der Waals surface area contributed by atoms with Crippen LogP contribution in [0.5, 0.6) is 0 Å². The number of anilines is 2. The molecule has 1 aliphatic rings. The van der Waals surface area contributed by atoms with Crippen molar-refractivity contribution in [1.29, 1.82) is 0 Å². The van der Waals surface area contributed by atoms with E-state index in [4.69, 9.17) is 5.73 Å². The van der Waals surface area contributed by atoms with Gasteiger partial charge in [-0.15, -0.1) is 0 Å². The number of carbonyl (C=O) groups is 1. The van der Waals surface area contributed by atoms with Gasteiger partial charge in [0, 0.05) is 41.9 Å². The van der Waals surface area contributed by atoms with Gasteiger partial charge in [0.15, 0.2) is 0 Å². The summed E-state index contributed by atoms with van der Waals surface area (Å²) in [6.07, 6.45) is 7.66. The van der Waals surface area contributed by atoms with Crippen LogP contribution in [0.15, 0.2) is 16.9 Å². The Morgan fingerprint density at radius 3 is 3.12 bits per heavy atom. The summed E-state index contributed by atoms with van der Waals surface area (Å²) in [5.41, 5.74) is 8.82. The summed E-state index contributed by atoms with van der Waals surface area (Å²) >= 11 is 5.94. The van der Waals surface area contributed by atoms with E-state index in [9.17, 15) is 4.79 Å². The maximum absolute atomic E-state index is 12.7. The largest absolute Gasteiger partial charge is 0.368 e. The number of carbonyl (C=O) groups excluding carboxylic acids is 1. The molecule has 6 nitrogen and oxygen atoms in total. The van der Waals surface area contributed by atoms with Crippen molar-refractivity contribution in [3.05, 3.63) is 16.9 Å². The molecular weight excluding hydrogens is 509 g/mol. The minimum Gasteiger partial charge on any atom is -0.368 e. The molecule has 1 fully saturated rings. The van der Waals surface area contributed by atoms with Crippen LogP contribution in [-0.4, -0.2) is 39.4 Å². The summed E-state index contributed by atoms with van der Waals surface area (Å²) in [4.78, 5) is 22.7. The summed E-state index contributed by atoms with van der Waals surface area (Å²) in [6.45, 7) is 3.87. The van der Waals surface area contributed by atoms with Gasteiger partial charge in [-0.1, -0.05) is 35.9 Å². The topological polar surface area (TPSA) is 87.0 Å². The van der Waals surface area contributed by atoms with E-state index >= 15 is 0 Å². The van der Waals surface area contributed by atoms with Crippen LogP contribution in [0.1, 0.15) is 32.6 Å². The van der Waals surface area contributed by atoms with Gasteiger partial charge in [-0.2, -0.15) is 0 Å². The van der Waals surface area contributed by atoms with Gasteiger partial charge in [0.1, 0.15) is 5.65 Å². The van der Waals surface area contributed by atoms with E-state index in [0.29, 0.717) is 0 Å². The molecule has 0 radical (unpaired) electrons. The number of nitrogens with zero attached hydrogens (tertiary/aromatic N) is 2. The molecule has 0 aliphatic carbocycles. The summed E-state index contributed by atoms with van der Waals surface area (Å²) in [7, 11) is 0. The van der Waals surface area contributed by atoms with Crippen molar-refractivity contribution in [2.45, 2.75) is 38.6 Å². The number of H-pyrrole nitrogens is 1. The lowest BCUT2D eigenvalue weighted by Gasteiger charge is -2.33. The van der Waals surface area contributed by atoms with E-state index in [1.807, 2.05) is 12.4 Å². The fraction of sp³-hybridized carbons (Fsp3) is 0.556. The SMILES string of the molecule is CCCC(CI)C(=O)Nc1c[nH]c2ncc(Br)c(N3CCC[C@@H](N)C3)c12. The van der Waals surface area contributed by atoms with Gasteiger partial charge < -0.3 is 20.9 Å². The second-order valence-corrected chi connectivity index (χ2v) is 8.59. The van der Waals surface area contributed by atoms with Crippen molar-refractivity contribution < 1.29 is 4.79 Å². The molecule has 2 aromatic heterocycles. The number of piperidine rings is 1. The van der Waals surface area contributed by atoms with Crippen LogP contribution < -0.4 is 16.0 Å². The number of amides is 1. The first-order chi connectivity index (χ1) is 12.5. The lowest BCUT2D eigenvalue weighted by molar-refractivity contribution is -0.119. The minimum atomic E-state index is 0.0255. The maximum atomic E-state index is 12.7. The van der Waals surface area contributed by atoms with Crippen molar-refractivity contribution >= 4 is 66.8 Å². The lowest BCUT2D eigenvalue weighted by Crippen LogP contribution is -2.43. The molecular formula is C18H25BrIN5O. The molecule has 0 saturated carbocycles. The number of aromatic nitrogens is 2. The molecule has 4 N–H and O–H groups in total. The summed E-state index contributed by atoms with van der Waals surface area (Å²) in [6, 6.07) is 0.170. The predicted octanol–water partition coefficient (Wildman–Crippen LogP) is 4.04. The number of hydrogen-bond donors (Lipinski definition) is 3. The Morgan fingerprint density at radius 1 is 1.62 bits per heavy atom. The molecule has 142 valence electrons. The molecule has 1 amide bonds. The van der Waals surface area contributed by atoms with Crippen molar-refractivity contribution in [2.75, 3.05) is 27.7 Å². The van der Waals surface area contributed by atoms with Gasteiger partial charge in [-0.3, -0.25) is 4.79 Å². The number of pyridine rings is 1. The molecule has 1 saturated heterocycles. The number of nitrogens with one attached hydrogen (secondary N) is 2. The van der Waals surface area contributed by atoms with Gasteiger partial charge in [-0.05, 0) is 35.2 Å². The average molecular weight is 534 g/mol. The fourth-order valence-electron chi connectivity index (χ4n) is 3.54. The molecule has 0 aromatic carbocycles. The van der Waals surface area contributed by atoms with E-state index < -0.39 is 0 Å². The van der Waals surface area contributed by atoms with Crippen molar-refractivity contribution in [2.24, 2.45) is 11.7 Å². The number of aromatic amines is 1. The molecule has 2 atom stereocenters. The molecule has 1 unspecified atom stereocenters. The van der Waals surface area contributed by atoms with Crippen LogP contribution in [0, 0.1) is 5.92 Å². The zero-order chi connectivity index (χ0) is 18.7. The Hall–Kier alpha value is -0.870. The third kappa shape index (κ3) is 4.17. The number of hydrogen-bond acceptors (Lipinski definition) is 4. The highest BCUT2D eigenvalue weighted by Gasteiger charge is 2.25. The monoisotopic (exact) mass is 533 g/mol. The van der Waals surface area contributed by atoms with Crippen molar-refractivity contribution in [3.63, 3.8) is 0 Å². The predicted molar refractivity (Wildman–Crippen MR) is 119 cm³/mol. The zero-order valence-corrected chi connectivity index (χ0v) is 18.6. The highest BCUT2D eigenvalue weighted by Crippen LogP contribution is 2.39. The maximum Gasteiger partial charge on any atom is 0.228 e. The van der Waals surface area contributed by atoms with Crippen molar-refractivity contribution in [1.82, 2.24) is 9.97 Å². The van der Waals surface area contributed by atoms with Crippen molar-refractivity contribution in [3.8, 4) is 0 Å². The summed E-state index contributed by atoms with van der Waals surface area (Å²) in [5, 5.41) is 4.07. The molecule has 0 spiro atoms. The van der Waals surface area contributed by atoms with Crippen LogP contribution >= 0.6 is 38.5 Å². The molecule has 26 heavy (non-hydrogen) atoms. The van der Waals surface area contributed by atoms with Gasteiger partial charge in [0.25, 0.3) is 0 Å². The van der Waals surface area contributed by atoms with Crippen LogP contribution in [0.3, 0.4) is 0 Å². The molecule has 3 rings (SSSR count). The summed E-state index contributed by atoms with van der Waals surface area (Å²) < 4.78 is 1.74. The Morgan fingerprint density at radius 2 is 2.42 bits per heavy atom. The first-order valence-electron chi connectivity index (χ1n) is 9.08. The summed E-state index contributed by atoms with van der Waals surface area (Å²) in [5.74, 6) is 0.0981. The Labute approximate surface area is 175 Å². The Balaban J connectivity index is 1.97. The number of rotatable bonds is 6. The molecule has 3 heterocycles. The third-order valence-electron chi connectivity index (χ3n) is 4.86. The fourth-order valence-corrected chi connectivity index (χ4v) is 4.93. The highest BCUT2D eigenvalue weighted by molar-refractivity contribution is 14.1. The lowest BCUT2D eigenvalue weighted by atomic mass is 10.0. The van der Waals surface area contributed by atoms with Gasteiger partial charge >= 0.3 is 0 Å². The highest BCUT2D eigenvalue weighted by atomic mass is 127. The van der Waals surface area contributed by atoms with E-state index in [1.54, 1.807) is 0 Å². The molecule has 8 heteroatoms. The van der Waals surface area contributed by atoms with Gasteiger partial charge in [0.2, 0.25) is 5.91 Å². The average Bonchev–Trinajstić information content (AvgIpc) is 3.02. The zero-order valence-electron chi connectivity index (χ0n) is 14.9. The molecule has 2 aromatic rings. The smallest absolute Gasteiger partial charge is 0.228 e. The van der Waals surface area contributed by atoms with Crippen LogP contribution in [0.25, 0.3) is 11.0 Å². The van der Waals surface area contributed by atoms with Crippen LogP contribution in [0.4, 0.5) is 11.4 Å². The number of alkyl halides is 1. The minimum absolute atomic E-state index is 0.0255. The first kappa shape index (κ1) is 19.9. The van der Waals surface area contributed by atoms with Crippen LogP contribution in [0.2, 0.25) is 0 Å². The van der Waals surface area contributed by atoms with E-state index in [1.165, 1.54) is 0 Å². The quantitative estimate of drug-likeness (QED) is 0.386. The number of nitrogens with two attached hydrogens (primary N) is 1. The standard InChI is InChI=1S/C18H25BrIN5O/c1-2-4-11(7-20)18(26)24-14-9-23-17-15(14)16(13(19)8-22-17)25-6-3-5-12(21)10-25/h8-9,11-12H,2-7,10,21H2,1H3,(H,22,23)(H,24,26)/t11?,12-/m1/s1. The molecule has 0 bridgehead atoms. The Bertz CT molecular complexity index is 780. The van der Waals surface area contributed by atoms with Gasteiger partial charge in [0.05, 0.1) is 21.2 Å². The third-order valence-corrected chi connectivity index (χ3v) is 6.50. The normalized spacial score (nSPS) is 18.9.